The maximum atomic E-state index is 12.1. The quantitative estimate of drug-likeness (QED) is 0.735. The highest BCUT2D eigenvalue weighted by atomic mass is 16.2. The lowest BCUT2D eigenvalue weighted by Gasteiger charge is -2.11. The number of fused-ring (bicyclic) bond motifs is 1. The number of rotatable bonds is 5. The minimum atomic E-state index is -0.254. The molecule has 0 saturated carbocycles. The van der Waals surface area contributed by atoms with Gasteiger partial charge in [0.15, 0.2) is 0 Å². The smallest absolute Gasteiger partial charge is 0.315 e. The van der Waals surface area contributed by atoms with Gasteiger partial charge in [0.05, 0.1) is 30.2 Å². The first-order valence-corrected chi connectivity index (χ1v) is 7.98. The number of imidazole rings is 1. The Kier molecular flexibility index (Phi) is 4.78. The summed E-state index contributed by atoms with van der Waals surface area (Å²) in [5.41, 5.74) is 3.48. The average Bonchev–Trinajstić information content (AvgIpc) is 2.93. The molecule has 0 radical (unpaired) electrons. The van der Waals surface area contributed by atoms with E-state index in [9.17, 15) is 4.79 Å². The third-order valence-electron chi connectivity index (χ3n) is 3.78. The van der Waals surface area contributed by atoms with Gasteiger partial charge in [-0.05, 0) is 25.1 Å². The van der Waals surface area contributed by atoms with Gasteiger partial charge in [0, 0.05) is 26.5 Å². The molecule has 3 rings (SSSR count). The molecule has 130 valence electrons. The van der Waals surface area contributed by atoms with Gasteiger partial charge >= 0.3 is 6.03 Å². The standard InChI is InChI=1S/C17H21N7O/c1-12-14(24-9-5-4-6-15(24)21-12)11-20-17(25)19-10-13-7-8-18-16(22-13)23(2)3/h4-9H,10-11H2,1-3H3,(H2,19,20,25). The summed E-state index contributed by atoms with van der Waals surface area (Å²) in [6.07, 6.45) is 3.62. The van der Waals surface area contributed by atoms with Crippen LogP contribution in [-0.2, 0) is 13.1 Å². The first-order valence-electron chi connectivity index (χ1n) is 7.98. The first-order chi connectivity index (χ1) is 12.0. The van der Waals surface area contributed by atoms with Crippen LogP contribution in [0.4, 0.5) is 10.7 Å². The maximum absolute atomic E-state index is 12.1. The van der Waals surface area contributed by atoms with Crippen LogP contribution in [0.3, 0.4) is 0 Å². The van der Waals surface area contributed by atoms with Gasteiger partial charge < -0.3 is 19.9 Å². The molecule has 0 atom stereocenters. The number of urea groups is 1. The van der Waals surface area contributed by atoms with Crippen molar-refractivity contribution in [1.29, 1.82) is 0 Å². The summed E-state index contributed by atoms with van der Waals surface area (Å²) in [6, 6.07) is 7.34. The zero-order valence-corrected chi connectivity index (χ0v) is 14.5. The van der Waals surface area contributed by atoms with E-state index in [4.69, 9.17) is 0 Å². The number of hydrogen-bond acceptors (Lipinski definition) is 5. The van der Waals surface area contributed by atoms with Crippen LogP contribution in [0, 0.1) is 6.92 Å². The molecule has 0 spiro atoms. The predicted molar refractivity (Wildman–Crippen MR) is 95.4 cm³/mol. The Balaban J connectivity index is 1.58. The zero-order valence-electron chi connectivity index (χ0n) is 14.5. The molecule has 0 fully saturated rings. The molecule has 2 amide bonds. The van der Waals surface area contributed by atoms with Gasteiger partial charge in [-0.2, -0.15) is 0 Å². The minimum absolute atomic E-state index is 0.254. The monoisotopic (exact) mass is 339 g/mol. The number of nitrogens with one attached hydrogen (secondary N) is 2. The van der Waals surface area contributed by atoms with Crippen molar-refractivity contribution in [2.75, 3.05) is 19.0 Å². The van der Waals surface area contributed by atoms with Crippen LogP contribution in [0.25, 0.3) is 5.65 Å². The summed E-state index contributed by atoms with van der Waals surface area (Å²) in [4.78, 5) is 26.9. The van der Waals surface area contributed by atoms with Gasteiger partial charge in [-0.15, -0.1) is 0 Å². The molecule has 0 aliphatic carbocycles. The lowest BCUT2D eigenvalue weighted by Crippen LogP contribution is -2.35. The number of hydrogen-bond donors (Lipinski definition) is 2. The summed E-state index contributed by atoms with van der Waals surface area (Å²) < 4.78 is 1.98. The largest absolute Gasteiger partial charge is 0.347 e. The summed E-state index contributed by atoms with van der Waals surface area (Å²) in [5, 5.41) is 5.67. The third kappa shape index (κ3) is 3.85. The molecule has 2 N–H and O–H groups in total. The molecule has 8 heteroatoms. The fourth-order valence-corrected chi connectivity index (χ4v) is 2.47. The molecule has 8 nitrogen and oxygen atoms in total. The van der Waals surface area contributed by atoms with Gasteiger partial charge in [0.2, 0.25) is 5.95 Å². The molecular weight excluding hydrogens is 318 g/mol. The molecule has 0 unspecified atom stereocenters. The van der Waals surface area contributed by atoms with E-state index >= 15 is 0 Å². The van der Waals surface area contributed by atoms with E-state index in [1.807, 2.05) is 54.7 Å². The topological polar surface area (TPSA) is 87.4 Å². The molecule has 3 heterocycles. The first kappa shape index (κ1) is 16.7. The number of anilines is 1. The molecule has 0 bridgehead atoms. The van der Waals surface area contributed by atoms with Crippen molar-refractivity contribution in [2.45, 2.75) is 20.0 Å². The molecule has 25 heavy (non-hydrogen) atoms. The van der Waals surface area contributed by atoms with Crippen LogP contribution >= 0.6 is 0 Å². The Hall–Kier alpha value is -3.16. The Bertz CT molecular complexity index is 888. The van der Waals surface area contributed by atoms with Gasteiger partial charge in [-0.3, -0.25) is 0 Å². The third-order valence-corrected chi connectivity index (χ3v) is 3.78. The van der Waals surface area contributed by atoms with Crippen LogP contribution in [-0.4, -0.2) is 39.5 Å². The van der Waals surface area contributed by atoms with Gasteiger partial charge in [0.1, 0.15) is 5.65 Å². The van der Waals surface area contributed by atoms with E-state index < -0.39 is 0 Å². The van der Waals surface area contributed by atoms with Crippen LogP contribution in [0.15, 0.2) is 36.7 Å². The number of amides is 2. The number of pyridine rings is 1. The Morgan fingerprint density at radius 2 is 1.96 bits per heavy atom. The van der Waals surface area contributed by atoms with Crippen LogP contribution in [0.2, 0.25) is 0 Å². The van der Waals surface area contributed by atoms with Crippen LogP contribution < -0.4 is 15.5 Å². The van der Waals surface area contributed by atoms with E-state index in [2.05, 4.69) is 25.6 Å². The zero-order chi connectivity index (χ0) is 17.8. The number of nitrogens with zero attached hydrogens (tertiary/aromatic N) is 5. The second kappa shape index (κ2) is 7.16. The molecular formula is C17H21N7O. The summed E-state index contributed by atoms with van der Waals surface area (Å²) in [5.74, 6) is 0.612. The van der Waals surface area contributed by atoms with Gasteiger partial charge in [0.25, 0.3) is 0 Å². The van der Waals surface area contributed by atoms with Crippen molar-refractivity contribution in [3.8, 4) is 0 Å². The van der Waals surface area contributed by atoms with E-state index in [0.717, 1.165) is 22.7 Å². The summed E-state index contributed by atoms with van der Waals surface area (Å²) in [6.45, 7) is 2.67. The number of carbonyl (C=O) groups excluding carboxylic acids is 1. The van der Waals surface area contributed by atoms with Crippen molar-refractivity contribution < 1.29 is 4.79 Å². The maximum Gasteiger partial charge on any atom is 0.315 e. The fourth-order valence-electron chi connectivity index (χ4n) is 2.47. The number of aromatic nitrogens is 4. The predicted octanol–water partition coefficient (Wildman–Crippen LogP) is 1.50. The lowest BCUT2D eigenvalue weighted by molar-refractivity contribution is 0.240. The van der Waals surface area contributed by atoms with Crippen LogP contribution in [0.1, 0.15) is 17.1 Å². The van der Waals surface area contributed by atoms with E-state index in [1.165, 1.54) is 0 Å². The number of carbonyl (C=O) groups is 1. The highest BCUT2D eigenvalue weighted by molar-refractivity contribution is 5.73. The number of aryl methyl sites for hydroxylation is 1. The van der Waals surface area contributed by atoms with E-state index in [-0.39, 0.29) is 6.03 Å². The lowest BCUT2D eigenvalue weighted by atomic mass is 10.3. The molecule has 3 aromatic heterocycles. The Morgan fingerprint density at radius 3 is 2.76 bits per heavy atom. The van der Waals surface area contributed by atoms with E-state index in [1.54, 1.807) is 12.3 Å². The molecule has 3 aromatic rings. The Labute approximate surface area is 145 Å². The van der Waals surface area contributed by atoms with E-state index in [0.29, 0.717) is 19.0 Å². The van der Waals surface area contributed by atoms with Gasteiger partial charge in [-0.25, -0.2) is 19.7 Å². The molecule has 0 saturated heterocycles. The summed E-state index contributed by atoms with van der Waals surface area (Å²) in [7, 11) is 3.74. The van der Waals surface area contributed by atoms with Crippen molar-refractivity contribution in [2.24, 2.45) is 0 Å². The van der Waals surface area contributed by atoms with Crippen molar-refractivity contribution in [3.05, 3.63) is 53.7 Å². The normalized spacial score (nSPS) is 10.7. The Morgan fingerprint density at radius 1 is 1.16 bits per heavy atom. The van der Waals surface area contributed by atoms with Crippen molar-refractivity contribution >= 4 is 17.6 Å². The van der Waals surface area contributed by atoms with Crippen molar-refractivity contribution in [3.63, 3.8) is 0 Å². The fraction of sp³-hybridized carbons (Fsp3) is 0.294. The van der Waals surface area contributed by atoms with Crippen molar-refractivity contribution in [1.82, 2.24) is 30.0 Å². The SMILES string of the molecule is Cc1nc2ccccn2c1CNC(=O)NCc1ccnc(N(C)C)n1. The summed E-state index contributed by atoms with van der Waals surface area (Å²) >= 11 is 0. The highest BCUT2D eigenvalue weighted by Gasteiger charge is 2.10. The second-order valence-corrected chi connectivity index (χ2v) is 5.85. The molecule has 0 aliphatic rings. The molecule has 0 aliphatic heterocycles. The van der Waals surface area contributed by atoms with Crippen LogP contribution in [0.5, 0.6) is 0 Å². The second-order valence-electron chi connectivity index (χ2n) is 5.85. The van der Waals surface area contributed by atoms with Gasteiger partial charge in [-0.1, -0.05) is 6.07 Å². The average molecular weight is 339 g/mol. The minimum Gasteiger partial charge on any atom is -0.347 e. The highest BCUT2D eigenvalue weighted by Crippen LogP contribution is 2.11. The molecule has 0 aromatic carbocycles.